The Morgan fingerprint density at radius 3 is 2.86 bits per heavy atom. The van der Waals surface area contributed by atoms with E-state index in [1.54, 1.807) is 6.92 Å². The molecule has 1 aromatic rings. The highest BCUT2D eigenvalue weighted by Gasteiger charge is 2.33. The van der Waals surface area contributed by atoms with Crippen LogP contribution in [0, 0.1) is 0 Å². The van der Waals surface area contributed by atoms with Crippen LogP contribution in [0.25, 0.3) is 0 Å². The highest BCUT2D eigenvalue weighted by atomic mass is 19.1. The number of nitrogens with zero attached hydrogens (tertiary/aromatic N) is 1. The average molecular weight is 308 g/mol. The van der Waals surface area contributed by atoms with Crippen molar-refractivity contribution in [2.75, 3.05) is 19.8 Å². The van der Waals surface area contributed by atoms with Gasteiger partial charge in [0.2, 0.25) is 11.8 Å². The number of benzene rings is 1. The standard InChI is InChI=1S/C16H21FN2O3/c1-12(22-11-13-5-3-2-4-6-13)15(20)18-14-7-9-19(10-8-17)16(14)21/h2-6,12,14H,7-11H2,1H3,(H,18,20)/t12-,14?/m0/s1. The van der Waals surface area contributed by atoms with Crippen LogP contribution in [0.3, 0.4) is 0 Å². The zero-order valence-corrected chi connectivity index (χ0v) is 12.6. The molecule has 1 aliphatic heterocycles. The maximum atomic E-state index is 12.3. The van der Waals surface area contributed by atoms with Gasteiger partial charge in [-0.15, -0.1) is 0 Å². The average Bonchev–Trinajstić information content (AvgIpc) is 2.87. The Morgan fingerprint density at radius 1 is 1.45 bits per heavy atom. The van der Waals surface area contributed by atoms with Crippen LogP contribution in [-0.4, -0.2) is 48.6 Å². The van der Waals surface area contributed by atoms with E-state index in [0.29, 0.717) is 19.6 Å². The molecule has 5 nitrogen and oxygen atoms in total. The first kappa shape index (κ1) is 16.4. The Kier molecular flexibility index (Phi) is 5.89. The summed E-state index contributed by atoms with van der Waals surface area (Å²) in [4.78, 5) is 25.4. The van der Waals surface area contributed by atoms with E-state index < -0.39 is 18.8 Å². The molecule has 2 amide bonds. The Hall–Kier alpha value is -1.95. The molecule has 1 aliphatic rings. The van der Waals surface area contributed by atoms with E-state index in [-0.39, 0.29) is 18.4 Å². The minimum atomic E-state index is -0.650. The van der Waals surface area contributed by atoms with E-state index in [4.69, 9.17) is 4.74 Å². The summed E-state index contributed by atoms with van der Waals surface area (Å²) in [6.07, 6.45) is -0.140. The first-order valence-corrected chi connectivity index (χ1v) is 7.42. The summed E-state index contributed by atoms with van der Waals surface area (Å²) in [5, 5.41) is 2.68. The zero-order chi connectivity index (χ0) is 15.9. The van der Waals surface area contributed by atoms with Crippen molar-refractivity contribution in [3.05, 3.63) is 35.9 Å². The van der Waals surface area contributed by atoms with Crippen LogP contribution in [0.15, 0.2) is 30.3 Å². The number of ether oxygens (including phenoxy) is 1. The van der Waals surface area contributed by atoms with Crippen LogP contribution in [0.5, 0.6) is 0 Å². The summed E-state index contributed by atoms with van der Waals surface area (Å²) in [6.45, 7) is 1.99. The second-order valence-corrected chi connectivity index (χ2v) is 5.30. The maximum Gasteiger partial charge on any atom is 0.249 e. The number of carbonyl (C=O) groups excluding carboxylic acids is 2. The van der Waals surface area contributed by atoms with E-state index >= 15 is 0 Å². The molecule has 1 unspecified atom stereocenters. The van der Waals surface area contributed by atoms with Gasteiger partial charge in [-0.3, -0.25) is 9.59 Å². The second kappa shape index (κ2) is 7.89. The first-order chi connectivity index (χ1) is 10.6. The molecule has 0 aromatic heterocycles. The molecule has 6 heteroatoms. The normalized spacial score (nSPS) is 19.3. The number of halogens is 1. The van der Waals surface area contributed by atoms with Gasteiger partial charge >= 0.3 is 0 Å². The third-order valence-electron chi connectivity index (χ3n) is 3.68. The predicted octanol–water partition coefficient (Wildman–Crippen LogP) is 1.28. The topological polar surface area (TPSA) is 58.6 Å². The van der Waals surface area contributed by atoms with Gasteiger partial charge < -0.3 is 15.0 Å². The summed E-state index contributed by atoms with van der Waals surface area (Å²) in [6, 6.07) is 8.98. The summed E-state index contributed by atoms with van der Waals surface area (Å²) in [5.41, 5.74) is 0.980. The smallest absolute Gasteiger partial charge is 0.249 e. The number of likely N-dealkylation sites (tertiary alicyclic amines) is 1. The number of hydrogen-bond acceptors (Lipinski definition) is 3. The number of hydrogen-bond donors (Lipinski definition) is 1. The Bertz CT molecular complexity index is 509. The Balaban J connectivity index is 1.78. The number of rotatable bonds is 7. The van der Waals surface area contributed by atoms with E-state index in [0.717, 1.165) is 5.56 Å². The SMILES string of the molecule is C[C@H](OCc1ccccc1)C(=O)NC1CCN(CCF)C1=O. The van der Waals surface area contributed by atoms with Crippen LogP contribution in [0.4, 0.5) is 4.39 Å². The Labute approximate surface area is 129 Å². The van der Waals surface area contributed by atoms with Gasteiger partial charge in [-0.25, -0.2) is 4.39 Å². The Morgan fingerprint density at radius 2 is 2.18 bits per heavy atom. The minimum Gasteiger partial charge on any atom is -0.364 e. The molecule has 0 saturated carbocycles. The highest BCUT2D eigenvalue weighted by molar-refractivity contribution is 5.90. The maximum absolute atomic E-state index is 12.3. The van der Waals surface area contributed by atoms with Gasteiger partial charge in [0.1, 0.15) is 18.8 Å². The number of carbonyl (C=O) groups is 2. The summed E-state index contributed by atoms with van der Waals surface area (Å²) in [7, 11) is 0. The van der Waals surface area contributed by atoms with Gasteiger partial charge in [0.15, 0.2) is 0 Å². The molecular weight excluding hydrogens is 287 g/mol. The van der Waals surface area contributed by atoms with E-state index in [9.17, 15) is 14.0 Å². The van der Waals surface area contributed by atoms with Gasteiger partial charge in [0.25, 0.3) is 0 Å². The molecular formula is C16H21FN2O3. The molecule has 1 saturated heterocycles. The van der Waals surface area contributed by atoms with Gasteiger partial charge in [-0.2, -0.15) is 0 Å². The van der Waals surface area contributed by atoms with Gasteiger partial charge in [-0.1, -0.05) is 30.3 Å². The van der Waals surface area contributed by atoms with Crippen LogP contribution in [0.1, 0.15) is 18.9 Å². The van der Waals surface area contributed by atoms with Crippen LogP contribution in [-0.2, 0) is 20.9 Å². The molecule has 1 N–H and O–H groups in total. The highest BCUT2D eigenvalue weighted by Crippen LogP contribution is 2.11. The number of alkyl halides is 1. The van der Waals surface area contributed by atoms with Gasteiger partial charge in [-0.05, 0) is 18.9 Å². The van der Waals surface area contributed by atoms with Crippen molar-refractivity contribution in [2.24, 2.45) is 0 Å². The van der Waals surface area contributed by atoms with Crippen molar-refractivity contribution in [3.8, 4) is 0 Å². The molecule has 0 radical (unpaired) electrons. The van der Waals surface area contributed by atoms with Crippen molar-refractivity contribution in [2.45, 2.75) is 32.1 Å². The number of amides is 2. The molecule has 22 heavy (non-hydrogen) atoms. The van der Waals surface area contributed by atoms with Crippen molar-refractivity contribution in [3.63, 3.8) is 0 Å². The number of nitrogens with one attached hydrogen (secondary N) is 1. The predicted molar refractivity (Wildman–Crippen MR) is 79.8 cm³/mol. The lowest BCUT2D eigenvalue weighted by molar-refractivity contribution is -0.137. The first-order valence-electron chi connectivity index (χ1n) is 7.42. The molecule has 2 rings (SSSR count). The van der Waals surface area contributed by atoms with E-state index in [1.165, 1.54) is 4.90 Å². The summed E-state index contributed by atoms with van der Waals surface area (Å²) in [5.74, 6) is -0.544. The van der Waals surface area contributed by atoms with Gasteiger partial charge in [0.05, 0.1) is 6.61 Å². The van der Waals surface area contributed by atoms with Crippen LogP contribution < -0.4 is 5.32 Å². The van der Waals surface area contributed by atoms with E-state index in [2.05, 4.69) is 5.32 Å². The fourth-order valence-electron chi connectivity index (χ4n) is 2.36. The third kappa shape index (κ3) is 4.27. The van der Waals surface area contributed by atoms with Crippen LogP contribution in [0.2, 0.25) is 0 Å². The fourth-order valence-corrected chi connectivity index (χ4v) is 2.36. The quantitative estimate of drug-likeness (QED) is 0.825. The molecule has 1 heterocycles. The fraction of sp³-hybridized carbons (Fsp3) is 0.500. The van der Waals surface area contributed by atoms with Crippen LogP contribution >= 0.6 is 0 Å². The van der Waals surface area contributed by atoms with Crippen molar-refractivity contribution >= 4 is 11.8 Å². The largest absolute Gasteiger partial charge is 0.364 e. The third-order valence-corrected chi connectivity index (χ3v) is 3.68. The second-order valence-electron chi connectivity index (χ2n) is 5.30. The minimum absolute atomic E-state index is 0.0886. The van der Waals surface area contributed by atoms with Crippen molar-refractivity contribution < 1.29 is 18.7 Å². The lowest BCUT2D eigenvalue weighted by atomic mass is 10.2. The van der Waals surface area contributed by atoms with Gasteiger partial charge in [0, 0.05) is 13.1 Å². The molecule has 0 aliphatic carbocycles. The lowest BCUT2D eigenvalue weighted by Gasteiger charge is -2.18. The molecule has 0 spiro atoms. The molecule has 120 valence electrons. The monoisotopic (exact) mass is 308 g/mol. The van der Waals surface area contributed by atoms with E-state index in [1.807, 2.05) is 30.3 Å². The zero-order valence-electron chi connectivity index (χ0n) is 12.6. The summed E-state index contributed by atoms with van der Waals surface area (Å²) >= 11 is 0. The van der Waals surface area contributed by atoms with Crippen molar-refractivity contribution in [1.29, 1.82) is 0 Å². The lowest BCUT2D eigenvalue weighted by Crippen LogP contribution is -2.45. The molecule has 1 aromatic carbocycles. The molecule has 1 fully saturated rings. The molecule has 2 atom stereocenters. The summed E-state index contributed by atoms with van der Waals surface area (Å²) < 4.78 is 17.8. The van der Waals surface area contributed by atoms with Crippen molar-refractivity contribution in [1.82, 2.24) is 10.2 Å². The molecule has 0 bridgehead atoms.